The van der Waals surface area contributed by atoms with Gasteiger partial charge in [0.15, 0.2) is 0 Å². The zero-order valence-electron chi connectivity index (χ0n) is 19.8. The van der Waals surface area contributed by atoms with Crippen molar-refractivity contribution in [3.63, 3.8) is 0 Å². The van der Waals surface area contributed by atoms with Crippen molar-refractivity contribution < 1.29 is 9.90 Å². The molecule has 4 aromatic rings. The monoisotopic (exact) mass is 450 g/mol. The fourth-order valence-electron chi connectivity index (χ4n) is 5.26. The quantitative estimate of drug-likeness (QED) is 0.371. The van der Waals surface area contributed by atoms with Gasteiger partial charge in [0.05, 0.1) is 11.2 Å². The molecule has 34 heavy (non-hydrogen) atoms. The lowest BCUT2D eigenvalue weighted by atomic mass is 9.92. The standard InChI is InChI=1S/C30H30N2O2/c1-20-17-24(19-32-16-7-6-13-29(32)30(33)34)31-28-15-14-23(18-27(20)28)26-12-8-11-25(21(26)2)22-9-4-3-5-10-22/h3-5,8-12,14-15,17-18,29H,6-7,13,16,19H2,1-2H3,(H,33,34)/t29-/m0/s1. The first kappa shape index (κ1) is 22.3. The summed E-state index contributed by atoms with van der Waals surface area (Å²) in [6, 6.07) is 25.2. The van der Waals surface area contributed by atoms with Crippen LogP contribution in [0, 0.1) is 13.8 Å². The molecule has 0 bridgehead atoms. The van der Waals surface area contributed by atoms with Gasteiger partial charge in [0, 0.05) is 11.9 Å². The van der Waals surface area contributed by atoms with Gasteiger partial charge < -0.3 is 5.11 Å². The van der Waals surface area contributed by atoms with Gasteiger partial charge in [-0.1, -0.05) is 61.0 Å². The number of pyridine rings is 1. The van der Waals surface area contributed by atoms with Crippen LogP contribution in [0.1, 0.15) is 36.1 Å². The van der Waals surface area contributed by atoms with Gasteiger partial charge in [0.25, 0.3) is 0 Å². The third kappa shape index (κ3) is 4.34. The first-order valence-corrected chi connectivity index (χ1v) is 12.0. The van der Waals surface area contributed by atoms with Crippen molar-refractivity contribution in [2.45, 2.75) is 45.7 Å². The van der Waals surface area contributed by atoms with Crippen molar-refractivity contribution in [1.29, 1.82) is 0 Å². The molecule has 0 spiro atoms. The highest BCUT2D eigenvalue weighted by molar-refractivity contribution is 5.89. The van der Waals surface area contributed by atoms with Crippen molar-refractivity contribution in [2.24, 2.45) is 0 Å². The number of hydrogen-bond donors (Lipinski definition) is 1. The van der Waals surface area contributed by atoms with Crippen LogP contribution in [0.2, 0.25) is 0 Å². The highest BCUT2D eigenvalue weighted by Gasteiger charge is 2.28. The number of likely N-dealkylation sites (tertiary alicyclic amines) is 1. The number of piperidine rings is 1. The van der Waals surface area contributed by atoms with Crippen molar-refractivity contribution in [1.82, 2.24) is 9.88 Å². The fraction of sp³-hybridized carbons (Fsp3) is 0.267. The maximum atomic E-state index is 11.7. The molecule has 0 amide bonds. The molecule has 1 fully saturated rings. The molecule has 172 valence electrons. The van der Waals surface area contributed by atoms with E-state index in [0.717, 1.165) is 36.0 Å². The Balaban J connectivity index is 1.48. The molecule has 0 saturated carbocycles. The van der Waals surface area contributed by atoms with E-state index >= 15 is 0 Å². The molecule has 0 radical (unpaired) electrons. The zero-order chi connectivity index (χ0) is 23.7. The number of carbonyl (C=O) groups is 1. The van der Waals surface area contributed by atoms with Crippen LogP contribution in [-0.2, 0) is 11.3 Å². The number of aryl methyl sites for hydroxylation is 1. The number of aliphatic carboxylic acids is 1. The van der Waals surface area contributed by atoms with E-state index in [-0.39, 0.29) is 0 Å². The SMILES string of the molecule is Cc1c(-c2ccccc2)cccc1-c1ccc2nc(CN3CCCC[C@H]3C(=O)O)cc(C)c2c1. The normalized spacial score (nSPS) is 16.6. The Hall–Kier alpha value is -3.50. The first-order chi connectivity index (χ1) is 16.5. The van der Waals surface area contributed by atoms with Gasteiger partial charge in [0.2, 0.25) is 0 Å². The number of benzene rings is 3. The van der Waals surface area contributed by atoms with Crippen LogP contribution in [0.4, 0.5) is 0 Å². The number of carboxylic acids is 1. The summed E-state index contributed by atoms with van der Waals surface area (Å²) in [5.41, 5.74) is 9.21. The third-order valence-corrected chi connectivity index (χ3v) is 7.06. The molecule has 1 N–H and O–H groups in total. The Morgan fingerprint density at radius 1 is 0.941 bits per heavy atom. The molecule has 2 heterocycles. The van der Waals surface area contributed by atoms with Crippen molar-refractivity contribution >= 4 is 16.9 Å². The molecule has 1 atom stereocenters. The summed E-state index contributed by atoms with van der Waals surface area (Å²) >= 11 is 0. The molecule has 5 rings (SSSR count). The van der Waals surface area contributed by atoms with Crippen LogP contribution < -0.4 is 0 Å². The van der Waals surface area contributed by atoms with E-state index in [4.69, 9.17) is 4.98 Å². The summed E-state index contributed by atoms with van der Waals surface area (Å²) in [4.78, 5) is 18.7. The summed E-state index contributed by atoms with van der Waals surface area (Å²) in [5, 5.41) is 10.7. The van der Waals surface area contributed by atoms with Crippen molar-refractivity contribution in [3.8, 4) is 22.3 Å². The Bertz CT molecular complexity index is 1350. The Morgan fingerprint density at radius 2 is 1.71 bits per heavy atom. The number of rotatable bonds is 5. The highest BCUT2D eigenvalue weighted by atomic mass is 16.4. The molecular formula is C30H30N2O2. The van der Waals surface area contributed by atoms with Crippen LogP contribution in [-0.4, -0.2) is 33.5 Å². The molecule has 0 unspecified atom stereocenters. The Labute approximate surface area is 200 Å². The number of nitrogens with zero attached hydrogens (tertiary/aromatic N) is 2. The molecule has 1 aromatic heterocycles. The lowest BCUT2D eigenvalue weighted by molar-refractivity contribution is -0.144. The second-order valence-electron chi connectivity index (χ2n) is 9.33. The van der Waals surface area contributed by atoms with Crippen LogP contribution in [0.5, 0.6) is 0 Å². The molecular weight excluding hydrogens is 420 g/mol. The minimum Gasteiger partial charge on any atom is -0.480 e. The molecule has 1 saturated heterocycles. The van der Waals surface area contributed by atoms with Gasteiger partial charge in [-0.25, -0.2) is 0 Å². The maximum absolute atomic E-state index is 11.7. The van der Waals surface area contributed by atoms with Crippen LogP contribution >= 0.6 is 0 Å². The summed E-state index contributed by atoms with van der Waals surface area (Å²) in [6.07, 6.45) is 2.74. The Morgan fingerprint density at radius 3 is 2.47 bits per heavy atom. The van der Waals surface area contributed by atoms with Crippen molar-refractivity contribution in [2.75, 3.05) is 6.54 Å². The smallest absolute Gasteiger partial charge is 0.320 e. The molecule has 1 aliphatic heterocycles. The largest absolute Gasteiger partial charge is 0.480 e. The second-order valence-corrected chi connectivity index (χ2v) is 9.33. The number of hydrogen-bond acceptors (Lipinski definition) is 3. The number of fused-ring (bicyclic) bond motifs is 1. The average molecular weight is 451 g/mol. The first-order valence-electron chi connectivity index (χ1n) is 12.0. The molecule has 4 heteroatoms. The van der Waals surface area contributed by atoms with E-state index in [0.29, 0.717) is 13.0 Å². The molecule has 4 nitrogen and oxygen atoms in total. The van der Waals surface area contributed by atoms with E-state index in [9.17, 15) is 9.90 Å². The molecule has 3 aromatic carbocycles. The predicted octanol–water partition coefficient (Wildman–Crippen LogP) is 6.62. The van der Waals surface area contributed by atoms with Gasteiger partial charge in [-0.2, -0.15) is 0 Å². The lowest BCUT2D eigenvalue weighted by Crippen LogP contribution is -2.44. The van der Waals surface area contributed by atoms with E-state index in [1.165, 1.54) is 33.4 Å². The van der Waals surface area contributed by atoms with E-state index in [1.54, 1.807) is 0 Å². The highest BCUT2D eigenvalue weighted by Crippen LogP contribution is 2.33. The summed E-state index contributed by atoms with van der Waals surface area (Å²) in [5.74, 6) is -0.727. The third-order valence-electron chi connectivity index (χ3n) is 7.06. The van der Waals surface area contributed by atoms with Gasteiger partial charge >= 0.3 is 5.97 Å². The minimum atomic E-state index is -0.727. The zero-order valence-corrected chi connectivity index (χ0v) is 19.8. The molecule has 1 aliphatic rings. The van der Waals surface area contributed by atoms with Crippen LogP contribution in [0.25, 0.3) is 33.2 Å². The van der Waals surface area contributed by atoms with Crippen molar-refractivity contribution in [3.05, 3.63) is 89.6 Å². The van der Waals surface area contributed by atoms with E-state index in [2.05, 4.69) is 85.5 Å². The average Bonchev–Trinajstić information content (AvgIpc) is 2.85. The second kappa shape index (κ2) is 9.40. The Kier molecular flexibility index (Phi) is 6.16. The van der Waals surface area contributed by atoms with Crippen LogP contribution in [0.3, 0.4) is 0 Å². The van der Waals surface area contributed by atoms with E-state index in [1.807, 2.05) is 6.07 Å². The van der Waals surface area contributed by atoms with Crippen LogP contribution in [0.15, 0.2) is 72.8 Å². The van der Waals surface area contributed by atoms with Gasteiger partial charge in [-0.15, -0.1) is 0 Å². The fourth-order valence-corrected chi connectivity index (χ4v) is 5.26. The number of carboxylic acid groups (broad SMARTS) is 1. The summed E-state index contributed by atoms with van der Waals surface area (Å²) < 4.78 is 0. The summed E-state index contributed by atoms with van der Waals surface area (Å²) in [7, 11) is 0. The van der Waals surface area contributed by atoms with Gasteiger partial charge in [-0.3, -0.25) is 14.7 Å². The van der Waals surface area contributed by atoms with Gasteiger partial charge in [0.1, 0.15) is 6.04 Å². The maximum Gasteiger partial charge on any atom is 0.320 e. The van der Waals surface area contributed by atoms with E-state index < -0.39 is 12.0 Å². The number of aromatic nitrogens is 1. The predicted molar refractivity (Wildman–Crippen MR) is 138 cm³/mol. The summed E-state index contributed by atoms with van der Waals surface area (Å²) in [6.45, 7) is 5.70. The molecule has 0 aliphatic carbocycles. The minimum absolute atomic E-state index is 0.409. The lowest BCUT2D eigenvalue weighted by Gasteiger charge is -2.32. The van der Waals surface area contributed by atoms with Gasteiger partial charge in [-0.05, 0) is 84.8 Å². The topological polar surface area (TPSA) is 53.4 Å².